The van der Waals surface area contributed by atoms with Crippen LogP contribution in [0.1, 0.15) is 159 Å². The van der Waals surface area contributed by atoms with Crippen LogP contribution in [-0.4, -0.2) is 220 Å². The average molecular weight is 1230 g/mol. The summed E-state index contributed by atoms with van der Waals surface area (Å²) < 4.78 is 113. The molecule has 7 aliphatic heterocycles. The second-order valence-electron chi connectivity index (χ2n) is 27.6. The van der Waals surface area contributed by atoms with Gasteiger partial charge in [-0.15, -0.1) is 0 Å². The fourth-order valence-electron chi connectivity index (χ4n) is 17.7. The number of ether oxygens (including phenoxy) is 18. The maximum Gasteiger partial charge on any atom is 0.303 e. The van der Waals surface area contributed by atoms with E-state index in [1.165, 1.54) is 12.5 Å². The highest BCUT2D eigenvalue weighted by Crippen LogP contribution is 2.68. The summed E-state index contributed by atoms with van der Waals surface area (Å²) in [5.41, 5.74) is 0.219. The first-order valence-corrected chi connectivity index (χ1v) is 32.3. The van der Waals surface area contributed by atoms with Gasteiger partial charge in [-0.3, -0.25) is 4.79 Å². The lowest BCUT2D eigenvalue weighted by molar-refractivity contribution is -0.447. The van der Waals surface area contributed by atoms with Crippen LogP contribution in [0.3, 0.4) is 0 Å². The lowest BCUT2D eigenvalue weighted by Gasteiger charge is -2.59. The van der Waals surface area contributed by atoms with Crippen LogP contribution in [0.15, 0.2) is 11.6 Å². The van der Waals surface area contributed by atoms with Crippen LogP contribution in [0, 0.1) is 28.6 Å². The summed E-state index contributed by atoms with van der Waals surface area (Å²) in [6.07, 6.45) is -4.85. The molecule has 32 atom stereocenters. The first-order valence-electron chi connectivity index (χ1n) is 32.3. The van der Waals surface area contributed by atoms with E-state index in [-0.39, 0.29) is 43.0 Å². The van der Waals surface area contributed by atoms with E-state index in [1.807, 2.05) is 34.6 Å². The number of allylic oxidation sites excluding steroid dienone is 1. The molecular formula is C63H102O23. The van der Waals surface area contributed by atoms with Gasteiger partial charge >= 0.3 is 5.97 Å². The van der Waals surface area contributed by atoms with Crippen molar-refractivity contribution in [1.82, 2.24) is 0 Å². The molecule has 7 saturated heterocycles. The smallest absolute Gasteiger partial charge is 0.303 e. The molecule has 0 amide bonds. The molecule has 23 nitrogen and oxygen atoms in total. The molecule has 4 aliphatic carbocycles. The van der Waals surface area contributed by atoms with Crippen molar-refractivity contribution in [2.24, 2.45) is 28.6 Å². The van der Waals surface area contributed by atoms with Gasteiger partial charge < -0.3 is 106 Å². The molecular weight excluding hydrogens is 1120 g/mol. The Balaban J connectivity index is 0.635. The maximum absolute atomic E-state index is 12.8. The van der Waals surface area contributed by atoms with Crippen LogP contribution >= 0.6 is 0 Å². The molecule has 3 saturated carbocycles. The lowest BCUT2D eigenvalue weighted by Crippen LogP contribution is -2.62. The first-order chi connectivity index (χ1) is 40.9. The Morgan fingerprint density at radius 2 is 1.15 bits per heavy atom. The van der Waals surface area contributed by atoms with Gasteiger partial charge in [-0.2, -0.15) is 0 Å². The fraction of sp³-hybridized carbons (Fsp3) is 0.952. The number of esters is 1. The summed E-state index contributed by atoms with van der Waals surface area (Å²) in [4.78, 5) is 11.7. The Bertz CT molecular complexity index is 2290. The lowest BCUT2D eigenvalue weighted by atomic mass is 9.46. The third-order valence-electron chi connectivity index (χ3n) is 22.4. The SMILES string of the molecule is CO[C@H]1C[C@H](O[C@H]2[C@@H](OC)C[C@H](O[C@H]3[C@H](O)C[C@H](O[C@H]4[C@@H](O)C[C@H](O[C@@H]5[C@@H](C)O[C@@]6(C[C@H]5OC)OCO[C@@H]5C[C@H](O[C@@H](C)[C@@]7(O)CC[C@H]8[C@@H]9CC=C%10C[C@@H](O)CC[C@]%10(C)[C@H]9CC[C@@]87C)O[C@H](C)[C@H]5O6)O[C@@H]4C)O[C@@H]3C)O[C@@H]2C)O[C@H](C)[C@H]1OC(C)=O. The number of carbonyl (C=O) groups is 1. The molecule has 0 aromatic carbocycles. The maximum atomic E-state index is 12.8. The largest absolute Gasteiger partial charge is 0.457 e. The molecule has 0 unspecified atom stereocenters. The number of methoxy groups -OCH3 is 3. The first kappa shape index (κ1) is 65.8. The molecule has 11 aliphatic rings. The molecule has 23 heteroatoms. The van der Waals surface area contributed by atoms with E-state index in [9.17, 15) is 25.2 Å². The minimum atomic E-state index is -1.56. The van der Waals surface area contributed by atoms with Crippen molar-refractivity contribution in [1.29, 1.82) is 0 Å². The molecule has 10 fully saturated rings. The zero-order chi connectivity index (χ0) is 61.4. The van der Waals surface area contributed by atoms with Crippen molar-refractivity contribution < 1.29 is 110 Å². The number of aliphatic hydroxyl groups is 4. The number of aliphatic hydroxyl groups excluding tert-OH is 3. The van der Waals surface area contributed by atoms with Gasteiger partial charge in [0.1, 0.15) is 36.6 Å². The zero-order valence-electron chi connectivity index (χ0n) is 52.9. The van der Waals surface area contributed by atoms with Crippen LogP contribution in [0.25, 0.3) is 0 Å². The van der Waals surface area contributed by atoms with E-state index in [4.69, 9.17) is 85.3 Å². The second kappa shape index (κ2) is 26.4. The summed E-state index contributed by atoms with van der Waals surface area (Å²) in [5.74, 6) is -0.540. The summed E-state index contributed by atoms with van der Waals surface area (Å²) in [6, 6.07) is 0. The highest BCUT2D eigenvalue weighted by atomic mass is 16.9. The van der Waals surface area contributed by atoms with E-state index >= 15 is 0 Å². The molecule has 0 aromatic heterocycles. The van der Waals surface area contributed by atoms with Gasteiger partial charge in [0.05, 0.1) is 91.4 Å². The minimum Gasteiger partial charge on any atom is -0.457 e. The summed E-state index contributed by atoms with van der Waals surface area (Å²) >= 11 is 0. The Labute approximate surface area is 507 Å². The van der Waals surface area contributed by atoms with Gasteiger partial charge in [0.25, 0.3) is 5.97 Å². The fourth-order valence-corrected chi connectivity index (χ4v) is 17.7. The standard InChI is InChI=1S/C63H102O23/c1-30-54(81-49-23-43(66)55(31(2)74-49)82-52-26-46(70-12)57(33(4)77-52)84-53-25-45(69-11)56(32(3)76-53)80-37(8)64)44(67)24-50(75-30)83-58-35(6)85-63(28-48(58)71-13)73-29-72-47-27-51(78-34(5)59(47)86-63)79-36(7)62(68)21-18-42-40-15-14-38-22-39(65)16-19-60(38,9)41(40)17-20-61(42,62)10/h14,30-36,39-59,65-68H,15-29H2,1-13H3/t30-,31-,32-,33-,34-,35-,36+,39+,40-,41+,42+,43-,44+,45+,46+,47-,48-,49+,50+,51+,52+,53+,54-,55-,56-,57-,58-,59-,60+,61+,62+,63-/m1/s1. The van der Waals surface area contributed by atoms with Gasteiger partial charge in [-0.25, -0.2) is 0 Å². The van der Waals surface area contributed by atoms with Crippen LogP contribution in [0.2, 0.25) is 0 Å². The van der Waals surface area contributed by atoms with Crippen LogP contribution in [0.5, 0.6) is 0 Å². The predicted molar refractivity (Wildman–Crippen MR) is 301 cm³/mol. The number of rotatable bonds is 15. The average Bonchev–Trinajstić information content (AvgIpc) is 1.45. The number of carbonyl (C=O) groups excluding carboxylic acids is 1. The highest BCUT2D eigenvalue weighted by molar-refractivity contribution is 5.66. The van der Waals surface area contributed by atoms with Crippen molar-refractivity contribution in [2.75, 3.05) is 28.1 Å². The minimum absolute atomic E-state index is 0.0561. The van der Waals surface area contributed by atoms with Gasteiger partial charge in [0.15, 0.2) is 44.3 Å². The molecule has 11 rings (SSSR count). The molecule has 7 heterocycles. The van der Waals surface area contributed by atoms with Crippen molar-refractivity contribution >= 4 is 5.97 Å². The van der Waals surface area contributed by atoms with Crippen LogP contribution in [-0.2, 0) is 90.1 Å². The topological polar surface area (TPSA) is 264 Å². The molecule has 0 bridgehead atoms. The number of fused-ring (bicyclic) bond motifs is 6. The zero-order valence-corrected chi connectivity index (χ0v) is 52.9. The Morgan fingerprint density at radius 3 is 1.74 bits per heavy atom. The van der Waals surface area contributed by atoms with Crippen molar-refractivity contribution in [3.05, 3.63) is 11.6 Å². The summed E-state index contributed by atoms with van der Waals surface area (Å²) in [6.45, 7) is 19.0. The van der Waals surface area contributed by atoms with Crippen LogP contribution in [0.4, 0.5) is 0 Å². The molecule has 0 radical (unpaired) electrons. The van der Waals surface area contributed by atoms with Gasteiger partial charge in [0, 0.05) is 65.8 Å². The predicted octanol–water partition coefficient (Wildman–Crippen LogP) is 5.58. The van der Waals surface area contributed by atoms with E-state index in [0.29, 0.717) is 43.4 Å². The number of hydrogen-bond donors (Lipinski definition) is 4. The third-order valence-corrected chi connectivity index (χ3v) is 22.4. The normalized spacial score (nSPS) is 52.8. The molecule has 1 spiro atoms. The molecule has 86 heavy (non-hydrogen) atoms. The van der Waals surface area contributed by atoms with E-state index in [1.54, 1.807) is 35.2 Å². The number of hydrogen-bond acceptors (Lipinski definition) is 23. The second-order valence-corrected chi connectivity index (χ2v) is 27.6. The third kappa shape index (κ3) is 12.8. The van der Waals surface area contributed by atoms with Crippen molar-refractivity contribution in [2.45, 2.75) is 324 Å². The molecule has 0 aromatic rings. The Hall–Kier alpha value is -1.63. The van der Waals surface area contributed by atoms with Crippen molar-refractivity contribution in [3.63, 3.8) is 0 Å². The molecule has 492 valence electrons. The monoisotopic (exact) mass is 1230 g/mol. The van der Waals surface area contributed by atoms with Crippen molar-refractivity contribution in [3.8, 4) is 0 Å². The van der Waals surface area contributed by atoms with Gasteiger partial charge in [-0.05, 0) is 123 Å². The molecule has 4 N–H and O–H groups in total. The van der Waals surface area contributed by atoms with Gasteiger partial charge in [-0.1, -0.05) is 25.5 Å². The van der Waals surface area contributed by atoms with E-state index in [2.05, 4.69) is 19.9 Å². The summed E-state index contributed by atoms with van der Waals surface area (Å²) in [5, 5.41) is 46.5. The van der Waals surface area contributed by atoms with Gasteiger partial charge in [0.2, 0.25) is 0 Å². The highest BCUT2D eigenvalue weighted by Gasteiger charge is 2.66. The van der Waals surface area contributed by atoms with Crippen LogP contribution < -0.4 is 0 Å². The van der Waals surface area contributed by atoms with E-state index < -0.39 is 165 Å². The Kier molecular flexibility index (Phi) is 20.2. The summed E-state index contributed by atoms with van der Waals surface area (Å²) in [7, 11) is 4.74. The van der Waals surface area contributed by atoms with E-state index in [0.717, 1.165) is 44.9 Å². The Morgan fingerprint density at radius 1 is 0.616 bits per heavy atom. The quantitative estimate of drug-likeness (QED) is 0.115.